The van der Waals surface area contributed by atoms with Crippen molar-refractivity contribution in [1.29, 1.82) is 0 Å². The molecule has 0 fully saturated rings. The van der Waals surface area contributed by atoms with Crippen LogP contribution in [0.2, 0.25) is 0 Å². The number of hydrogen-bond acceptors (Lipinski definition) is 4. The van der Waals surface area contributed by atoms with Crippen molar-refractivity contribution in [3.8, 4) is 0 Å². The van der Waals surface area contributed by atoms with Gasteiger partial charge in [-0.1, -0.05) is 91.0 Å². The summed E-state index contributed by atoms with van der Waals surface area (Å²) in [4.78, 5) is 18.4. The van der Waals surface area contributed by atoms with Crippen LogP contribution in [0.15, 0.2) is 173 Å². The van der Waals surface area contributed by atoms with E-state index in [0.29, 0.717) is 11.4 Å². The summed E-state index contributed by atoms with van der Waals surface area (Å²) in [6, 6.07) is 45.6. The third kappa shape index (κ3) is 4.89. The topological polar surface area (TPSA) is 108 Å². The van der Waals surface area contributed by atoms with Crippen molar-refractivity contribution in [3.05, 3.63) is 208 Å². The molecule has 6 heteroatoms. The molecule has 0 saturated carbocycles. The molecule has 0 spiro atoms. The minimum Gasteiger partial charge on any atom is -0.399 e. The molecule has 0 radical (unpaired) electrons. The third-order valence-electron chi connectivity index (χ3n) is 9.85. The summed E-state index contributed by atoms with van der Waals surface area (Å²) >= 11 is 0. The summed E-state index contributed by atoms with van der Waals surface area (Å²) in [5, 5.41) is 1.94. The lowest BCUT2D eigenvalue weighted by Gasteiger charge is -2.38. The number of nitrogens with two attached hydrogens (primary N) is 2. The third-order valence-corrected chi connectivity index (χ3v) is 9.85. The Bertz CT molecular complexity index is 2530. The monoisotopic (exact) mass is 646 g/mol. The standard InChI is InChI=1S/C44H34N6/c45-32-15-11-29(12-16-32)43-38-23-22-37(49-38)42(28-7-3-1-4-8-28)36-21-19-34(47-36)27-35-20-25-40(48-35)44(30-9-5-2-6-10-30,41-26-24-39(43)50-41)31-13-17-33(46)18-14-31/h1-27,40,47,50H,45-46H2. The van der Waals surface area contributed by atoms with Gasteiger partial charge >= 0.3 is 0 Å². The minimum atomic E-state index is -0.706. The molecule has 8 bridgehead atoms. The van der Waals surface area contributed by atoms with Crippen LogP contribution in [0.5, 0.6) is 0 Å². The zero-order valence-corrected chi connectivity index (χ0v) is 27.2. The number of aliphatic imine (C=N–C) groups is 2. The van der Waals surface area contributed by atoms with E-state index < -0.39 is 5.41 Å². The highest BCUT2D eigenvalue weighted by atomic mass is 14.9. The Balaban J connectivity index is 1.39. The van der Waals surface area contributed by atoms with Gasteiger partial charge in [-0.05, 0) is 95.1 Å². The summed E-state index contributed by atoms with van der Waals surface area (Å²) in [5.41, 5.74) is 24.0. The van der Waals surface area contributed by atoms with E-state index in [1.807, 2.05) is 30.3 Å². The molecule has 0 aliphatic carbocycles. The Morgan fingerprint density at radius 1 is 0.580 bits per heavy atom. The lowest BCUT2D eigenvalue weighted by molar-refractivity contribution is 0.539. The number of benzene rings is 4. The molecular formula is C44H34N6. The normalized spacial score (nSPS) is 19.4. The highest BCUT2D eigenvalue weighted by molar-refractivity contribution is 6.30. The maximum Gasteiger partial charge on any atom is 0.0883 e. The summed E-state index contributed by atoms with van der Waals surface area (Å²) in [5.74, 6) is 0. The molecule has 0 amide bonds. The van der Waals surface area contributed by atoms with Gasteiger partial charge in [0.2, 0.25) is 0 Å². The molecule has 50 heavy (non-hydrogen) atoms. The Morgan fingerprint density at radius 3 is 2.02 bits per heavy atom. The number of rotatable bonds is 4. The molecule has 6 N–H and O–H groups in total. The number of hydrogen-bond donors (Lipinski definition) is 4. The second-order valence-electron chi connectivity index (χ2n) is 12.9. The van der Waals surface area contributed by atoms with Gasteiger partial charge in [0.1, 0.15) is 0 Å². The molecule has 0 saturated heterocycles. The summed E-state index contributed by atoms with van der Waals surface area (Å²) in [6.07, 6.45) is 10.7. The number of aromatic amines is 2. The minimum absolute atomic E-state index is 0.260. The van der Waals surface area contributed by atoms with E-state index in [0.717, 1.165) is 72.6 Å². The van der Waals surface area contributed by atoms with Crippen molar-refractivity contribution in [2.75, 3.05) is 11.5 Å². The van der Waals surface area contributed by atoms with Crippen LogP contribution >= 0.6 is 0 Å². The SMILES string of the molecule is Nc1ccc(C2=C3C=CC(=N3)C(c3ccccc3)=c3ccc([nH]3)=CC3=NC(C=C3)C(c3ccccc3)(c3ccc(N)cc3)c3ccc2[nH]3)cc1. The molecular weight excluding hydrogens is 613 g/mol. The summed E-state index contributed by atoms with van der Waals surface area (Å²) in [6.45, 7) is 0. The van der Waals surface area contributed by atoms with E-state index in [1.165, 1.54) is 0 Å². The van der Waals surface area contributed by atoms with Crippen LogP contribution in [0.3, 0.4) is 0 Å². The fourth-order valence-electron chi connectivity index (χ4n) is 7.54. The van der Waals surface area contributed by atoms with Gasteiger partial charge in [-0.15, -0.1) is 0 Å². The largest absolute Gasteiger partial charge is 0.399 e. The van der Waals surface area contributed by atoms with Crippen LogP contribution < -0.4 is 22.2 Å². The molecule has 6 aromatic rings. The van der Waals surface area contributed by atoms with E-state index in [2.05, 4.69) is 143 Å². The van der Waals surface area contributed by atoms with Crippen LogP contribution in [-0.4, -0.2) is 27.4 Å². The number of nitrogen functional groups attached to an aromatic ring is 2. The van der Waals surface area contributed by atoms with Gasteiger partial charge in [0.05, 0.1) is 28.6 Å². The smallest absolute Gasteiger partial charge is 0.0883 e. The molecule has 2 unspecified atom stereocenters. The van der Waals surface area contributed by atoms with Crippen LogP contribution in [0.25, 0.3) is 17.2 Å². The van der Waals surface area contributed by atoms with Crippen LogP contribution in [0, 0.1) is 0 Å². The summed E-state index contributed by atoms with van der Waals surface area (Å²) < 4.78 is 0. The average molecular weight is 647 g/mol. The molecule has 240 valence electrons. The number of allylic oxidation sites excluding steroid dienone is 3. The first-order valence-electron chi connectivity index (χ1n) is 16.8. The zero-order valence-electron chi connectivity index (χ0n) is 27.2. The zero-order chi connectivity index (χ0) is 33.7. The van der Waals surface area contributed by atoms with Crippen molar-refractivity contribution < 1.29 is 0 Å². The van der Waals surface area contributed by atoms with Gasteiger partial charge in [0.25, 0.3) is 0 Å². The maximum atomic E-state index is 6.26. The first-order chi connectivity index (χ1) is 24.6. The Hall–Kier alpha value is -6.66. The van der Waals surface area contributed by atoms with E-state index in [9.17, 15) is 0 Å². The van der Waals surface area contributed by atoms with E-state index in [4.69, 9.17) is 21.5 Å². The molecule has 3 aliphatic heterocycles. The van der Waals surface area contributed by atoms with E-state index in [-0.39, 0.29) is 6.04 Å². The number of anilines is 2. The highest BCUT2D eigenvalue weighted by Gasteiger charge is 2.45. The van der Waals surface area contributed by atoms with Crippen LogP contribution in [0.4, 0.5) is 11.4 Å². The Morgan fingerprint density at radius 2 is 1.26 bits per heavy atom. The Labute approximate surface area is 290 Å². The van der Waals surface area contributed by atoms with Crippen molar-refractivity contribution >= 4 is 40.0 Å². The highest BCUT2D eigenvalue weighted by Crippen LogP contribution is 2.46. The van der Waals surface area contributed by atoms with Crippen molar-refractivity contribution in [1.82, 2.24) is 9.97 Å². The number of H-pyrrole nitrogens is 2. The van der Waals surface area contributed by atoms with Crippen molar-refractivity contribution in [3.63, 3.8) is 0 Å². The lowest BCUT2D eigenvalue weighted by atomic mass is 9.67. The molecule has 5 heterocycles. The molecule has 6 nitrogen and oxygen atoms in total. The van der Waals surface area contributed by atoms with Gasteiger partial charge in [-0.3, -0.25) is 4.99 Å². The van der Waals surface area contributed by atoms with E-state index >= 15 is 0 Å². The predicted molar refractivity (Wildman–Crippen MR) is 205 cm³/mol. The van der Waals surface area contributed by atoms with Crippen molar-refractivity contribution in [2.24, 2.45) is 9.98 Å². The number of nitrogens with one attached hydrogen (secondary N) is 2. The first kappa shape index (κ1) is 29.5. The quantitative estimate of drug-likeness (QED) is 0.160. The number of aromatic nitrogens is 2. The van der Waals surface area contributed by atoms with Gasteiger partial charge in [-0.2, -0.15) is 0 Å². The lowest BCUT2D eigenvalue weighted by Crippen LogP contribution is -2.40. The van der Waals surface area contributed by atoms with Gasteiger partial charge in [0, 0.05) is 44.6 Å². The average Bonchev–Trinajstić information content (AvgIpc) is 3.98. The molecule has 9 rings (SSSR count). The first-order valence-corrected chi connectivity index (χ1v) is 16.8. The van der Waals surface area contributed by atoms with Crippen molar-refractivity contribution in [2.45, 2.75) is 11.5 Å². The van der Waals surface area contributed by atoms with Crippen LogP contribution in [0.1, 0.15) is 33.6 Å². The molecule has 3 aliphatic rings. The fraction of sp³-hybridized carbons (Fsp3) is 0.0455. The van der Waals surface area contributed by atoms with Gasteiger partial charge in [-0.25, -0.2) is 4.99 Å². The number of fused-ring (bicyclic) bond motifs is 6. The Kier molecular flexibility index (Phi) is 6.95. The fourth-order valence-corrected chi connectivity index (χ4v) is 7.54. The van der Waals surface area contributed by atoms with Gasteiger partial charge in [0.15, 0.2) is 0 Å². The number of nitrogens with zero attached hydrogens (tertiary/aromatic N) is 2. The van der Waals surface area contributed by atoms with Crippen LogP contribution in [-0.2, 0) is 5.41 Å². The van der Waals surface area contributed by atoms with E-state index in [1.54, 1.807) is 0 Å². The van der Waals surface area contributed by atoms with Gasteiger partial charge < -0.3 is 21.4 Å². The maximum absolute atomic E-state index is 6.26. The molecule has 4 aromatic carbocycles. The molecule has 2 aromatic heterocycles. The second-order valence-corrected chi connectivity index (χ2v) is 12.9. The predicted octanol–water partition coefficient (Wildman–Crippen LogP) is 6.68. The molecule has 2 atom stereocenters. The second kappa shape index (κ2) is 11.8. The summed E-state index contributed by atoms with van der Waals surface area (Å²) in [7, 11) is 0.